The third kappa shape index (κ3) is 2.49. The Morgan fingerprint density at radius 3 is 2.25 bits per heavy atom. The molecule has 1 aromatic heterocycles. The molecule has 4 nitrogen and oxygen atoms in total. The maximum Gasteiger partial charge on any atom is 0.123 e. The molecule has 0 fully saturated rings. The Labute approximate surface area is 94.3 Å². The number of rotatable bonds is 3. The van der Waals surface area contributed by atoms with Crippen LogP contribution < -0.4 is 16.8 Å². The molecule has 1 aromatic carbocycles. The van der Waals surface area contributed by atoms with Crippen molar-refractivity contribution in [2.75, 3.05) is 11.1 Å². The van der Waals surface area contributed by atoms with Crippen molar-refractivity contribution in [1.29, 1.82) is 0 Å². The van der Waals surface area contributed by atoms with E-state index in [1.165, 1.54) is 0 Å². The number of benzene rings is 1. The SMILES string of the molecule is NCc1ccc(Nc2ccc(N)nc2)cc1. The lowest BCUT2D eigenvalue weighted by Crippen LogP contribution is -1.97. The summed E-state index contributed by atoms with van der Waals surface area (Å²) in [5.74, 6) is 0.518. The standard InChI is InChI=1S/C12H14N4/c13-7-9-1-3-10(4-2-9)16-11-5-6-12(14)15-8-11/h1-6,8,16H,7,13H2,(H2,14,15). The second-order valence-electron chi connectivity index (χ2n) is 3.50. The predicted octanol–water partition coefficient (Wildman–Crippen LogP) is 1.87. The van der Waals surface area contributed by atoms with Crippen molar-refractivity contribution in [2.45, 2.75) is 6.54 Å². The maximum atomic E-state index is 5.52. The number of nitrogens with one attached hydrogen (secondary N) is 1. The molecule has 2 rings (SSSR count). The van der Waals surface area contributed by atoms with E-state index in [9.17, 15) is 0 Å². The van der Waals surface area contributed by atoms with Gasteiger partial charge in [-0.15, -0.1) is 0 Å². The molecule has 1 heterocycles. The van der Waals surface area contributed by atoms with E-state index in [1.54, 1.807) is 12.3 Å². The average molecular weight is 214 g/mol. The van der Waals surface area contributed by atoms with Crippen molar-refractivity contribution in [1.82, 2.24) is 4.98 Å². The van der Waals surface area contributed by atoms with Crippen LogP contribution in [0.15, 0.2) is 42.6 Å². The van der Waals surface area contributed by atoms with Crippen LogP contribution in [0.5, 0.6) is 0 Å². The summed E-state index contributed by atoms with van der Waals surface area (Å²) in [4.78, 5) is 4.00. The largest absolute Gasteiger partial charge is 0.384 e. The van der Waals surface area contributed by atoms with Gasteiger partial charge in [0.2, 0.25) is 0 Å². The molecule has 5 N–H and O–H groups in total. The molecule has 0 aliphatic heterocycles. The van der Waals surface area contributed by atoms with E-state index >= 15 is 0 Å². The van der Waals surface area contributed by atoms with E-state index in [1.807, 2.05) is 30.3 Å². The molecule has 16 heavy (non-hydrogen) atoms. The third-order valence-corrected chi connectivity index (χ3v) is 2.26. The van der Waals surface area contributed by atoms with Gasteiger partial charge in [0.05, 0.1) is 11.9 Å². The highest BCUT2D eigenvalue weighted by atomic mass is 14.9. The predicted molar refractivity (Wildman–Crippen MR) is 66.3 cm³/mol. The molecule has 0 atom stereocenters. The normalized spacial score (nSPS) is 10.1. The zero-order valence-electron chi connectivity index (χ0n) is 8.85. The quantitative estimate of drug-likeness (QED) is 0.729. The van der Waals surface area contributed by atoms with Crippen molar-refractivity contribution in [3.05, 3.63) is 48.2 Å². The fourth-order valence-electron chi connectivity index (χ4n) is 1.37. The lowest BCUT2D eigenvalue weighted by molar-refractivity contribution is 1.07. The fourth-order valence-corrected chi connectivity index (χ4v) is 1.37. The number of nitrogen functional groups attached to an aromatic ring is 1. The van der Waals surface area contributed by atoms with Gasteiger partial charge < -0.3 is 16.8 Å². The lowest BCUT2D eigenvalue weighted by Gasteiger charge is -2.06. The number of anilines is 3. The van der Waals surface area contributed by atoms with Crippen LogP contribution in [0.25, 0.3) is 0 Å². The molecule has 0 spiro atoms. The van der Waals surface area contributed by atoms with Crippen LogP contribution in [0.1, 0.15) is 5.56 Å². The summed E-state index contributed by atoms with van der Waals surface area (Å²) < 4.78 is 0. The number of nitrogens with two attached hydrogens (primary N) is 2. The van der Waals surface area contributed by atoms with E-state index in [-0.39, 0.29) is 0 Å². The maximum absolute atomic E-state index is 5.52. The van der Waals surface area contributed by atoms with Gasteiger partial charge in [0.1, 0.15) is 5.82 Å². The average Bonchev–Trinajstić information content (AvgIpc) is 2.33. The van der Waals surface area contributed by atoms with Crippen molar-refractivity contribution in [3.63, 3.8) is 0 Å². The first-order chi connectivity index (χ1) is 7.78. The number of pyridine rings is 1. The molecule has 82 valence electrons. The first-order valence-electron chi connectivity index (χ1n) is 5.05. The summed E-state index contributed by atoms with van der Waals surface area (Å²) in [5, 5.41) is 3.22. The molecule has 0 amide bonds. The van der Waals surface area contributed by atoms with E-state index in [4.69, 9.17) is 11.5 Å². The summed E-state index contributed by atoms with van der Waals surface area (Å²) >= 11 is 0. The number of hydrogen-bond acceptors (Lipinski definition) is 4. The minimum Gasteiger partial charge on any atom is -0.384 e. The molecule has 0 bridgehead atoms. The molecular formula is C12H14N4. The van der Waals surface area contributed by atoms with E-state index in [0.29, 0.717) is 12.4 Å². The Morgan fingerprint density at radius 2 is 1.69 bits per heavy atom. The topological polar surface area (TPSA) is 77.0 Å². The van der Waals surface area contributed by atoms with Gasteiger partial charge in [-0.25, -0.2) is 4.98 Å². The first kappa shape index (κ1) is 10.4. The van der Waals surface area contributed by atoms with Gasteiger partial charge in [0.25, 0.3) is 0 Å². The van der Waals surface area contributed by atoms with Crippen molar-refractivity contribution >= 4 is 17.2 Å². The van der Waals surface area contributed by atoms with Gasteiger partial charge in [-0.1, -0.05) is 12.1 Å². The zero-order chi connectivity index (χ0) is 11.4. The highest BCUT2D eigenvalue weighted by molar-refractivity contribution is 5.59. The van der Waals surface area contributed by atoms with E-state index < -0.39 is 0 Å². The zero-order valence-corrected chi connectivity index (χ0v) is 8.85. The molecule has 0 saturated heterocycles. The van der Waals surface area contributed by atoms with Gasteiger partial charge in [-0.2, -0.15) is 0 Å². The van der Waals surface area contributed by atoms with Gasteiger partial charge >= 0.3 is 0 Å². The number of aromatic nitrogens is 1. The Balaban J connectivity index is 2.11. The fraction of sp³-hybridized carbons (Fsp3) is 0.0833. The highest BCUT2D eigenvalue weighted by Crippen LogP contribution is 2.16. The Hall–Kier alpha value is -2.07. The van der Waals surface area contributed by atoms with Crippen LogP contribution >= 0.6 is 0 Å². The molecule has 4 heteroatoms. The molecule has 0 unspecified atom stereocenters. The molecule has 2 aromatic rings. The first-order valence-corrected chi connectivity index (χ1v) is 5.05. The van der Waals surface area contributed by atoms with Crippen molar-refractivity contribution in [2.24, 2.45) is 5.73 Å². The van der Waals surface area contributed by atoms with E-state index in [0.717, 1.165) is 16.9 Å². The molecular weight excluding hydrogens is 200 g/mol. The van der Waals surface area contributed by atoms with E-state index in [2.05, 4.69) is 10.3 Å². The number of nitrogens with zero attached hydrogens (tertiary/aromatic N) is 1. The summed E-state index contributed by atoms with van der Waals surface area (Å²) in [7, 11) is 0. The minimum atomic E-state index is 0.518. The van der Waals surface area contributed by atoms with Crippen molar-refractivity contribution in [3.8, 4) is 0 Å². The number of hydrogen-bond donors (Lipinski definition) is 3. The minimum absolute atomic E-state index is 0.518. The van der Waals surface area contributed by atoms with Crippen LogP contribution in [0, 0.1) is 0 Å². The summed E-state index contributed by atoms with van der Waals surface area (Å²) in [5.41, 5.74) is 14.1. The summed E-state index contributed by atoms with van der Waals surface area (Å²) in [6, 6.07) is 11.6. The summed E-state index contributed by atoms with van der Waals surface area (Å²) in [6.45, 7) is 0.559. The van der Waals surface area contributed by atoms with Crippen LogP contribution in [0.3, 0.4) is 0 Å². The van der Waals surface area contributed by atoms with Gasteiger partial charge in [-0.05, 0) is 29.8 Å². The van der Waals surface area contributed by atoms with Crippen LogP contribution in [0.2, 0.25) is 0 Å². The van der Waals surface area contributed by atoms with Crippen molar-refractivity contribution < 1.29 is 0 Å². The Morgan fingerprint density at radius 1 is 1.00 bits per heavy atom. The lowest BCUT2D eigenvalue weighted by atomic mass is 10.2. The molecule has 0 aliphatic carbocycles. The molecule has 0 saturated carbocycles. The third-order valence-electron chi connectivity index (χ3n) is 2.26. The van der Waals surface area contributed by atoms with Gasteiger partial charge in [-0.3, -0.25) is 0 Å². The van der Waals surface area contributed by atoms with Gasteiger partial charge in [0, 0.05) is 12.2 Å². The summed E-state index contributed by atoms with van der Waals surface area (Å²) in [6.07, 6.45) is 1.70. The van der Waals surface area contributed by atoms with Gasteiger partial charge in [0.15, 0.2) is 0 Å². The second kappa shape index (κ2) is 4.63. The smallest absolute Gasteiger partial charge is 0.123 e. The molecule has 0 radical (unpaired) electrons. The van der Waals surface area contributed by atoms with Crippen LogP contribution in [-0.2, 0) is 6.54 Å². The Kier molecular flexibility index (Phi) is 3.03. The van der Waals surface area contributed by atoms with Crippen LogP contribution in [0.4, 0.5) is 17.2 Å². The Bertz CT molecular complexity index is 447. The molecule has 0 aliphatic rings. The highest BCUT2D eigenvalue weighted by Gasteiger charge is 1.95. The monoisotopic (exact) mass is 214 g/mol. The second-order valence-corrected chi connectivity index (χ2v) is 3.50. The van der Waals surface area contributed by atoms with Crippen LogP contribution in [-0.4, -0.2) is 4.98 Å².